The van der Waals surface area contributed by atoms with Crippen molar-refractivity contribution in [1.82, 2.24) is 10.6 Å². The minimum Gasteiger partial charge on any atom is -0.463 e. The molecule has 0 spiro atoms. The normalized spacial score (nSPS) is 13.9. The standard InChI is InChI=1S/C18H30N2O5/c1-5-7-9-17(23)25-12-14(4)20-18(24)15(8-6-2)10-16(22)19-13(3)11-21/h5-6,13-15,21H,1-2,7-12H2,3-4H3,(H,19,22)(H,20,24)/t13-,14+,15-/m1/s1. The Morgan fingerprint density at radius 3 is 2.36 bits per heavy atom. The number of carbonyl (C=O) groups excluding carboxylic acids is 3. The van der Waals surface area contributed by atoms with Crippen molar-refractivity contribution < 1.29 is 24.2 Å². The Balaban J connectivity index is 4.42. The van der Waals surface area contributed by atoms with E-state index >= 15 is 0 Å². The van der Waals surface area contributed by atoms with Crippen LogP contribution in [-0.2, 0) is 19.1 Å². The second-order valence-electron chi connectivity index (χ2n) is 6.00. The molecule has 0 aromatic rings. The van der Waals surface area contributed by atoms with Gasteiger partial charge in [-0.25, -0.2) is 0 Å². The molecule has 0 aliphatic heterocycles. The summed E-state index contributed by atoms with van der Waals surface area (Å²) >= 11 is 0. The maximum Gasteiger partial charge on any atom is 0.306 e. The van der Waals surface area contributed by atoms with Crippen LogP contribution in [0.15, 0.2) is 25.3 Å². The largest absolute Gasteiger partial charge is 0.463 e. The number of rotatable bonds is 13. The number of carbonyl (C=O) groups is 3. The molecule has 0 heterocycles. The highest BCUT2D eigenvalue weighted by atomic mass is 16.5. The maximum absolute atomic E-state index is 12.3. The fourth-order valence-electron chi connectivity index (χ4n) is 2.00. The van der Waals surface area contributed by atoms with Gasteiger partial charge in [-0.15, -0.1) is 13.2 Å². The molecule has 25 heavy (non-hydrogen) atoms. The average molecular weight is 354 g/mol. The van der Waals surface area contributed by atoms with Gasteiger partial charge < -0.3 is 20.5 Å². The van der Waals surface area contributed by atoms with Gasteiger partial charge in [-0.3, -0.25) is 14.4 Å². The zero-order chi connectivity index (χ0) is 19.2. The Morgan fingerprint density at radius 2 is 1.80 bits per heavy atom. The first-order valence-corrected chi connectivity index (χ1v) is 8.42. The molecular formula is C18H30N2O5. The Kier molecular flexibility index (Phi) is 12.0. The quantitative estimate of drug-likeness (QED) is 0.339. The first kappa shape index (κ1) is 22.9. The summed E-state index contributed by atoms with van der Waals surface area (Å²) in [5.74, 6) is -1.53. The summed E-state index contributed by atoms with van der Waals surface area (Å²) < 4.78 is 5.07. The zero-order valence-electron chi connectivity index (χ0n) is 15.1. The molecule has 0 rings (SSSR count). The van der Waals surface area contributed by atoms with E-state index < -0.39 is 5.92 Å². The lowest BCUT2D eigenvalue weighted by Crippen LogP contribution is -2.42. The molecular weight excluding hydrogens is 324 g/mol. The van der Waals surface area contributed by atoms with Crippen molar-refractivity contribution >= 4 is 17.8 Å². The van der Waals surface area contributed by atoms with E-state index in [1.165, 1.54) is 0 Å². The molecule has 0 radical (unpaired) electrons. The van der Waals surface area contributed by atoms with Crippen LogP contribution in [-0.4, -0.2) is 48.2 Å². The fourth-order valence-corrected chi connectivity index (χ4v) is 2.00. The lowest BCUT2D eigenvalue weighted by Gasteiger charge is -2.20. The van der Waals surface area contributed by atoms with Gasteiger partial charge in [0.05, 0.1) is 18.6 Å². The van der Waals surface area contributed by atoms with Crippen LogP contribution in [0.4, 0.5) is 0 Å². The molecule has 0 unspecified atom stereocenters. The molecule has 0 aliphatic rings. The van der Waals surface area contributed by atoms with Crippen LogP contribution in [0.2, 0.25) is 0 Å². The number of ether oxygens (including phenoxy) is 1. The molecule has 142 valence electrons. The number of amides is 2. The molecule has 0 saturated carbocycles. The van der Waals surface area contributed by atoms with Crippen molar-refractivity contribution in [3.05, 3.63) is 25.3 Å². The Morgan fingerprint density at radius 1 is 1.12 bits per heavy atom. The summed E-state index contributed by atoms with van der Waals surface area (Å²) in [5.41, 5.74) is 0. The van der Waals surface area contributed by atoms with Crippen LogP contribution in [0, 0.1) is 5.92 Å². The second kappa shape index (κ2) is 13.2. The van der Waals surface area contributed by atoms with E-state index in [4.69, 9.17) is 9.84 Å². The topological polar surface area (TPSA) is 105 Å². The maximum atomic E-state index is 12.3. The van der Waals surface area contributed by atoms with Crippen molar-refractivity contribution in [2.24, 2.45) is 5.92 Å². The highest BCUT2D eigenvalue weighted by Crippen LogP contribution is 2.10. The van der Waals surface area contributed by atoms with Crippen molar-refractivity contribution in [2.45, 2.75) is 51.6 Å². The highest BCUT2D eigenvalue weighted by Gasteiger charge is 2.23. The predicted molar refractivity (Wildman–Crippen MR) is 95.6 cm³/mol. The van der Waals surface area contributed by atoms with Crippen molar-refractivity contribution in [3.8, 4) is 0 Å². The van der Waals surface area contributed by atoms with Gasteiger partial charge in [0.1, 0.15) is 6.61 Å². The van der Waals surface area contributed by atoms with Gasteiger partial charge in [0.2, 0.25) is 11.8 Å². The molecule has 0 aromatic heterocycles. The summed E-state index contributed by atoms with van der Waals surface area (Å²) in [4.78, 5) is 35.6. The van der Waals surface area contributed by atoms with Gasteiger partial charge >= 0.3 is 5.97 Å². The SMILES string of the molecule is C=CCCC(=O)OC[C@H](C)NC(=O)[C@H](CC=C)CC(=O)N[C@H](C)CO. The number of aliphatic hydroxyl groups excluding tert-OH is 1. The van der Waals surface area contributed by atoms with E-state index in [0.717, 1.165) is 0 Å². The van der Waals surface area contributed by atoms with E-state index in [-0.39, 0.29) is 55.9 Å². The van der Waals surface area contributed by atoms with E-state index in [1.54, 1.807) is 26.0 Å². The minimum atomic E-state index is -0.567. The summed E-state index contributed by atoms with van der Waals surface area (Å²) in [5, 5.41) is 14.3. The number of allylic oxidation sites excluding steroid dienone is 2. The Bertz CT molecular complexity index is 464. The Hall–Kier alpha value is -2.15. The van der Waals surface area contributed by atoms with E-state index in [2.05, 4.69) is 23.8 Å². The molecule has 0 aliphatic carbocycles. The van der Waals surface area contributed by atoms with E-state index in [1.807, 2.05) is 0 Å². The summed E-state index contributed by atoms with van der Waals surface area (Å²) in [6.45, 7) is 10.4. The number of hydrogen-bond donors (Lipinski definition) is 3. The van der Waals surface area contributed by atoms with Crippen LogP contribution in [0.25, 0.3) is 0 Å². The second-order valence-corrected chi connectivity index (χ2v) is 6.00. The third-order valence-electron chi connectivity index (χ3n) is 3.37. The van der Waals surface area contributed by atoms with E-state index in [9.17, 15) is 14.4 Å². The molecule has 3 atom stereocenters. The monoisotopic (exact) mass is 354 g/mol. The lowest BCUT2D eigenvalue weighted by molar-refractivity contribution is -0.145. The van der Waals surface area contributed by atoms with Gasteiger partial charge in [0, 0.05) is 18.9 Å². The van der Waals surface area contributed by atoms with Crippen LogP contribution >= 0.6 is 0 Å². The van der Waals surface area contributed by atoms with E-state index in [0.29, 0.717) is 12.8 Å². The fraction of sp³-hybridized carbons (Fsp3) is 0.611. The third kappa shape index (κ3) is 11.1. The summed E-state index contributed by atoms with van der Waals surface area (Å²) in [6, 6.07) is -0.735. The van der Waals surface area contributed by atoms with Crippen molar-refractivity contribution in [1.29, 1.82) is 0 Å². The van der Waals surface area contributed by atoms with Gasteiger partial charge in [0.25, 0.3) is 0 Å². The van der Waals surface area contributed by atoms with Crippen LogP contribution in [0.1, 0.15) is 39.5 Å². The molecule has 3 N–H and O–H groups in total. The lowest BCUT2D eigenvalue weighted by atomic mass is 9.99. The number of esters is 1. The Labute approximate surface area is 149 Å². The molecule has 0 aromatic carbocycles. The first-order chi connectivity index (χ1) is 11.8. The molecule has 0 fully saturated rings. The third-order valence-corrected chi connectivity index (χ3v) is 3.37. The number of aliphatic hydroxyl groups is 1. The molecule has 7 nitrogen and oxygen atoms in total. The highest BCUT2D eigenvalue weighted by molar-refractivity contribution is 5.86. The van der Waals surface area contributed by atoms with Crippen molar-refractivity contribution in [3.63, 3.8) is 0 Å². The average Bonchev–Trinajstić information content (AvgIpc) is 2.57. The van der Waals surface area contributed by atoms with Gasteiger partial charge in [-0.1, -0.05) is 12.2 Å². The smallest absolute Gasteiger partial charge is 0.306 e. The molecule has 7 heteroatoms. The van der Waals surface area contributed by atoms with Crippen LogP contribution < -0.4 is 10.6 Å². The first-order valence-electron chi connectivity index (χ1n) is 8.42. The number of nitrogens with one attached hydrogen (secondary N) is 2. The minimum absolute atomic E-state index is 0.00592. The predicted octanol–water partition coefficient (Wildman–Crippen LogP) is 1.08. The molecule has 2 amide bonds. The van der Waals surface area contributed by atoms with Gasteiger partial charge in [-0.05, 0) is 26.7 Å². The summed E-state index contributed by atoms with van der Waals surface area (Å²) in [6.07, 6.45) is 4.35. The zero-order valence-corrected chi connectivity index (χ0v) is 15.1. The van der Waals surface area contributed by atoms with Gasteiger partial charge in [0.15, 0.2) is 0 Å². The molecule has 0 saturated heterocycles. The summed E-state index contributed by atoms with van der Waals surface area (Å²) in [7, 11) is 0. The van der Waals surface area contributed by atoms with Crippen LogP contribution in [0.3, 0.4) is 0 Å². The van der Waals surface area contributed by atoms with Gasteiger partial charge in [-0.2, -0.15) is 0 Å². The van der Waals surface area contributed by atoms with Crippen molar-refractivity contribution in [2.75, 3.05) is 13.2 Å². The molecule has 0 bridgehead atoms. The number of hydrogen-bond acceptors (Lipinski definition) is 5. The van der Waals surface area contributed by atoms with Crippen LogP contribution in [0.5, 0.6) is 0 Å².